The van der Waals surface area contributed by atoms with Crippen molar-refractivity contribution in [1.82, 2.24) is 15.2 Å². The zero-order chi connectivity index (χ0) is 26.2. The van der Waals surface area contributed by atoms with Crippen LogP contribution in [0.3, 0.4) is 0 Å². The Morgan fingerprint density at radius 3 is 2.53 bits per heavy atom. The SMILES string of the molecule is CO/N=C(\C(=O)N[C@@H]1C(=O)N2C(C(=O)O)=C(C[N+]3(C)CC(CO)C(CO)C3)CS[C@H]12)c1csc(N)n1. The number of aliphatic hydroxyl groups excluding tert-OH is 2. The van der Waals surface area contributed by atoms with Crippen molar-refractivity contribution in [3.05, 3.63) is 22.3 Å². The zero-order valence-electron chi connectivity index (χ0n) is 19.8. The van der Waals surface area contributed by atoms with Crippen molar-refractivity contribution in [2.24, 2.45) is 17.0 Å². The molecular formula is C21H29N6O7S2+. The molecule has 13 nitrogen and oxygen atoms in total. The highest BCUT2D eigenvalue weighted by atomic mass is 32.2. The number of rotatable bonds is 9. The van der Waals surface area contributed by atoms with Gasteiger partial charge in [-0.15, -0.1) is 23.1 Å². The van der Waals surface area contributed by atoms with E-state index in [4.69, 9.17) is 10.6 Å². The van der Waals surface area contributed by atoms with Gasteiger partial charge in [0.05, 0.1) is 33.4 Å². The third-order valence-corrected chi connectivity index (χ3v) is 8.77. The minimum Gasteiger partial charge on any atom is -0.477 e. The van der Waals surface area contributed by atoms with Gasteiger partial charge in [-0.2, -0.15) is 0 Å². The van der Waals surface area contributed by atoms with Crippen LogP contribution >= 0.6 is 23.1 Å². The second-order valence-corrected chi connectivity index (χ2v) is 11.3. The second-order valence-electron chi connectivity index (χ2n) is 9.34. The Morgan fingerprint density at radius 1 is 1.33 bits per heavy atom. The Kier molecular flexibility index (Phi) is 7.56. The summed E-state index contributed by atoms with van der Waals surface area (Å²) in [4.78, 5) is 48.2. The molecule has 4 atom stereocenters. The van der Waals surface area contributed by atoms with E-state index >= 15 is 0 Å². The normalized spacial score (nSPS) is 30.2. The number of nitrogens with two attached hydrogens (primary N) is 1. The van der Waals surface area contributed by atoms with Gasteiger partial charge in [-0.3, -0.25) is 14.5 Å². The highest BCUT2D eigenvalue weighted by Gasteiger charge is 2.55. The fourth-order valence-corrected chi connectivity index (χ4v) is 7.10. The van der Waals surface area contributed by atoms with Gasteiger partial charge < -0.3 is 35.7 Å². The summed E-state index contributed by atoms with van der Waals surface area (Å²) in [6.07, 6.45) is 0. The van der Waals surface area contributed by atoms with Crippen molar-refractivity contribution in [3.63, 3.8) is 0 Å². The molecule has 4 rings (SSSR count). The number of hydrogen-bond acceptors (Lipinski definition) is 11. The summed E-state index contributed by atoms with van der Waals surface area (Å²) in [5, 5.41) is 36.9. The molecule has 0 aromatic carbocycles. The van der Waals surface area contributed by atoms with Crippen molar-refractivity contribution < 1.29 is 39.0 Å². The Labute approximate surface area is 215 Å². The molecule has 0 saturated carbocycles. The van der Waals surface area contributed by atoms with E-state index in [9.17, 15) is 29.7 Å². The number of carbonyl (C=O) groups is 3. The summed E-state index contributed by atoms with van der Waals surface area (Å²) in [6.45, 7) is 1.48. The number of hydrogen-bond donors (Lipinski definition) is 5. The molecule has 6 N–H and O–H groups in total. The standard InChI is InChI=1S/C21H28N6O7S2/c1-27(3-10(6-28)11(4-27)7-29)5-12-8-35-19-15(18(31)26(19)16(12)20(32)33)24-17(30)14(25-34-2)13-9-36-21(22)23-13/h9-11,15,19,28-29H,3-8H2,1-2H3,(H3-,22,23,24,30,32,33)/p+1/b25-14-/t10?,11?,15-,19-,27?/m1/s1. The van der Waals surface area contributed by atoms with Gasteiger partial charge >= 0.3 is 5.97 Å². The van der Waals surface area contributed by atoms with Crippen LogP contribution < -0.4 is 11.1 Å². The van der Waals surface area contributed by atoms with E-state index < -0.39 is 29.2 Å². The second kappa shape index (κ2) is 10.3. The van der Waals surface area contributed by atoms with Gasteiger partial charge in [-0.1, -0.05) is 5.16 Å². The molecule has 2 saturated heterocycles. The quantitative estimate of drug-likeness (QED) is 0.106. The van der Waals surface area contributed by atoms with Gasteiger partial charge in [-0.25, -0.2) is 9.78 Å². The van der Waals surface area contributed by atoms with E-state index in [1.54, 1.807) is 5.38 Å². The molecule has 4 heterocycles. The lowest BCUT2D eigenvalue weighted by Crippen LogP contribution is -2.71. The summed E-state index contributed by atoms with van der Waals surface area (Å²) >= 11 is 2.49. The minimum absolute atomic E-state index is 0.0471. The number of carbonyl (C=O) groups excluding carboxylic acids is 2. The first kappa shape index (κ1) is 26.3. The third kappa shape index (κ3) is 4.80. The van der Waals surface area contributed by atoms with Gasteiger partial charge in [0.2, 0.25) is 0 Å². The molecule has 0 aliphatic carbocycles. The molecule has 2 fully saturated rings. The number of nitrogen functional groups attached to an aromatic ring is 1. The minimum atomic E-state index is -1.21. The Hall–Kier alpha value is -2.72. The topological polar surface area (TPSA) is 188 Å². The number of anilines is 1. The number of β-lactam (4-membered cyclic amide) rings is 1. The number of fused-ring (bicyclic) bond motifs is 1. The Balaban J connectivity index is 1.51. The van der Waals surface area contributed by atoms with Crippen LogP contribution in [0.1, 0.15) is 5.69 Å². The lowest BCUT2D eigenvalue weighted by atomic mass is 9.98. The van der Waals surface area contributed by atoms with E-state index in [2.05, 4.69) is 15.5 Å². The summed E-state index contributed by atoms with van der Waals surface area (Å²) in [7, 11) is 3.24. The van der Waals surface area contributed by atoms with Crippen molar-refractivity contribution in [3.8, 4) is 0 Å². The summed E-state index contributed by atoms with van der Waals surface area (Å²) in [5.41, 5.74) is 6.25. The Bertz CT molecular complexity index is 1110. The van der Waals surface area contributed by atoms with Gasteiger partial charge in [0, 0.05) is 28.5 Å². The maximum Gasteiger partial charge on any atom is 0.352 e. The van der Waals surface area contributed by atoms with E-state index in [0.29, 0.717) is 35.4 Å². The largest absolute Gasteiger partial charge is 0.477 e. The van der Waals surface area contributed by atoms with Crippen LogP contribution in [0.15, 0.2) is 21.8 Å². The number of nitrogens with zero attached hydrogens (tertiary/aromatic N) is 4. The van der Waals surface area contributed by atoms with Crippen LogP contribution in [0.4, 0.5) is 5.13 Å². The number of aliphatic hydroxyl groups is 2. The number of thioether (sulfide) groups is 1. The number of carboxylic acids is 1. The maximum absolute atomic E-state index is 13.1. The number of likely N-dealkylation sites (tertiary alicyclic amines) is 1. The van der Waals surface area contributed by atoms with Crippen LogP contribution in [0.5, 0.6) is 0 Å². The maximum atomic E-state index is 13.1. The van der Waals surface area contributed by atoms with E-state index in [1.807, 2.05) is 7.05 Å². The van der Waals surface area contributed by atoms with Gasteiger partial charge in [0.1, 0.15) is 36.5 Å². The van der Waals surface area contributed by atoms with Crippen LogP contribution in [-0.2, 0) is 19.2 Å². The first-order valence-electron chi connectivity index (χ1n) is 11.2. The number of quaternary nitrogens is 1. The number of amides is 2. The van der Waals surface area contributed by atoms with Crippen LogP contribution in [0.2, 0.25) is 0 Å². The number of nitrogens with one attached hydrogen (secondary N) is 1. The molecule has 0 radical (unpaired) electrons. The monoisotopic (exact) mass is 541 g/mol. The number of aromatic nitrogens is 1. The molecule has 3 aliphatic heterocycles. The number of likely N-dealkylation sites (N-methyl/N-ethyl adjacent to an activating group) is 1. The zero-order valence-corrected chi connectivity index (χ0v) is 21.4. The predicted octanol–water partition coefficient (Wildman–Crippen LogP) is -1.51. The molecule has 3 aliphatic rings. The van der Waals surface area contributed by atoms with Gasteiger partial charge in [-0.05, 0) is 0 Å². The van der Waals surface area contributed by atoms with Crippen molar-refractivity contribution in [2.75, 3.05) is 58.5 Å². The first-order valence-corrected chi connectivity index (χ1v) is 13.1. The third-order valence-electron chi connectivity index (χ3n) is 6.76. The molecule has 15 heteroatoms. The summed E-state index contributed by atoms with van der Waals surface area (Å²) in [5.74, 6) is -2.21. The van der Waals surface area contributed by atoms with Gasteiger partial charge in [0.25, 0.3) is 11.8 Å². The smallest absolute Gasteiger partial charge is 0.352 e. The van der Waals surface area contributed by atoms with E-state index in [1.165, 1.54) is 23.8 Å². The molecule has 2 amide bonds. The van der Waals surface area contributed by atoms with Crippen LogP contribution in [0.25, 0.3) is 0 Å². The summed E-state index contributed by atoms with van der Waals surface area (Å²) in [6, 6.07) is -0.939. The predicted molar refractivity (Wildman–Crippen MR) is 132 cm³/mol. The van der Waals surface area contributed by atoms with Gasteiger partial charge in [0.15, 0.2) is 10.8 Å². The fourth-order valence-electron chi connectivity index (χ4n) is 5.22. The molecule has 0 bridgehead atoms. The lowest BCUT2D eigenvalue weighted by Gasteiger charge is -2.49. The molecule has 36 heavy (non-hydrogen) atoms. The number of thiazole rings is 1. The van der Waals surface area contributed by atoms with E-state index in [-0.39, 0.29) is 47.3 Å². The van der Waals surface area contributed by atoms with E-state index in [0.717, 1.165) is 11.3 Å². The highest BCUT2D eigenvalue weighted by Crippen LogP contribution is 2.41. The van der Waals surface area contributed by atoms with Crippen LogP contribution in [-0.4, -0.2) is 117 Å². The molecule has 0 spiro atoms. The van der Waals surface area contributed by atoms with Crippen molar-refractivity contribution in [2.45, 2.75) is 11.4 Å². The van der Waals surface area contributed by atoms with Crippen molar-refractivity contribution >= 4 is 51.7 Å². The summed E-state index contributed by atoms with van der Waals surface area (Å²) < 4.78 is 0.462. The van der Waals surface area contributed by atoms with Crippen LogP contribution in [0, 0.1) is 11.8 Å². The number of oxime groups is 1. The Morgan fingerprint density at radius 2 is 2.00 bits per heavy atom. The fraction of sp³-hybridized carbons (Fsp3) is 0.571. The molecule has 1 aromatic rings. The molecule has 196 valence electrons. The first-order chi connectivity index (χ1) is 17.1. The average molecular weight is 542 g/mol. The number of aliphatic carboxylic acids is 1. The lowest BCUT2D eigenvalue weighted by molar-refractivity contribution is -0.895. The molecule has 2 unspecified atom stereocenters. The molecule has 1 aromatic heterocycles. The molecular weight excluding hydrogens is 512 g/mol. The average Bonchev–Trinajstić information content (AvgIpc) is 3.42. The highest BCUT2D eigenvalue weighted by molar-refractivity contribution is 8.00. The van der Waals surface area contributed by atoms with Crippen molar-refractivity contribution in [1.29, 1.82) is 0 Å². The number of carboxylic acid groups (broad SMARTS) is 1.